The first-order chi connectivity index (χ1) is 14.5. The first-order valence-corrected chi connectivity index (χ1v) is 10.6. The molecule has 1 aliphatic heterocycles. The van der Waals surface area contributed by atoms with Crippen molar-refractivity contribution < 1.29 is 24.2 Å². The van der Waals surface area contributed by atoms with E-state index in [1.807, 2.05) is 49.4 Å². The highest BCUT2D eigenvalue weighted by Gasteiger charge is 2.57. The van der Waals surface area contributed by atoms with Crippen molar-refractivity contribution >= 4 is 17.8 Å². The molecule has 1 aromatic carbocycles. The summed E-state index contributed by atoms with van der Waals surface area (Å²) in [6.45, 7) is 4.09. The Morgan fingerprint density at radius 3 is 2.53 bits per heavy atom. The normalized spacial score (nSPS) is 27.6. The van der Waals surface area contributed by atoms with Gasteiger partial charge < -0.3 is 20.1 Å². The number of nitrogens with one attached hydrogen (secondary N) is 1. The summed E-state index contributed by atoms with van der Waals surface area (Å²) in [6, 6.07) is 8.76. The summed E-state index contributed by atoms with van der Waals surface area (Å²) >= 11 is 0. The molecule has 0 radical (unpaired) electrons. The van der Waals surface area contributed by atoms with E-state index in [1.54, 1.807) is 6.92 Å². The van der Waals surface area contributed by atoms with Crippen LogP contribution in [0.5, 0.6) is 0 Å². The van der Waals surface area contributed by atoms with Crippen LogP contribution in [-0.2, 0) is 25.7 Å². The second-order valence-electron chi connectivity index (χ2n) is 7.74. The third-order valence-corrected chi connectivity index (χ3v) is 6.06. The number of amides is 2. The minimum absolute atomic E-state index is 0.0510. The Morgan fingerprint density at radius 1 is 1.17 bits per heavy atom. The Kier molecular flexibility index (Phi) is 7.26. The van der Waals surface area contributed by atoms with Gasteiger partial charge in [0.2, 0.25) is 11.8 Å². The van der Waals surface area contributed by atoms with Crippen LogP contribution in [0.1, 0.15) is 25.8 Å². The number of nitrogens with zero attached hydrogens (tertiary/aromatic N) is 1. The molecule has 7 nitrogen and oxygen atoms in total. The van der Waals surface area contributed by atoms with Crippen LogP contribution in [0, 0.1) is 23.7 Å². The van der Waals surface area contributed by atoms with E-state index in [9.17, 15) is 19.5 Å². The van der Waals surface area contributed by atoms with E-state index in [-0.39, 0.29) is 37.5 Å². The van der Waals surface area contributed by atoms with E-state index in [2.05, 4.69) is 5.32 Å². The Labute approximate surface area is 177 Å². The molecule has 2 N–H and O–H groups in total. The molecule has 3 rings (SSSR count). The molecule has 1 aliphatic carbocycles. The van der Waals surface area contributed by atoms with Crippen molar-refractivity contribution in [1.82, 2.24) is 10.2 Å². The molecule has 0 aromatic heterocycles. The second-order valence-corrected chi connectivity index (χ2v) is 7.74. The number of carbonyl (C=O) groups is 3. The molecule has 1 saturated heterocycles. The SMILES string of the molecule is CCOC(=O)[C@H]1[C@H]2C(=O)N(CCO)[C@H](C(=O)NCc3ccccc3)[C@H]2C=C[C@H]1CC. The number of rotatable bonds is 8. The number of aliphatic hydroxyl groups is 1. The van der Waals surface area contributed by atoms with E-state index in [4.69, 9.17) is 4.74 Å². The van der Waals surface area contributed by atoms with Gasteiger partial charge in [0.15, 0.2) is 0 Å². The zero-order valence-corrected chi connectivity index (χ0v) is 17.5. The summed E-state index contributed by atoms with van der Waals surface area (Å²) in [5.74, 6) is -2.77. The fraction of sp³-hybridized carbons (Fsp3) is 0.522. The smallest absolute Gasteiger partial charge is 0.310 e. The van der Waals surface area contributed by atoms with Crippen LogP contribution >= 0.6 is 0 Å². The lowest BCUT2D eigenvalue weighted by Crippen LogP contribution is -2.47. The highest BCUT2D eigenvalue weighted by atomic mass is 16.5. The van der Waals surface area contributed by atoms with Crippen LogP contribution < -0.4 is 5.32 Å². The lowest BCUT2D eigenvalue weighted by molar-refractivity contribution is -0.155. The van der Waals surface area contributed by atoms with E-state index in [0.717, 1.165) is 5.56 Å². The maximum atomic E-state index is 13.3. The average molecular weight is 415 g/mol. The van der Waals surface area contributed by atoms with Crippen molar-refractivity contribution in [3.05, 3.63) is 48.0 Å². The number of likely N-dealkylation sites (tertiary alicyclic amines) is 1. The first kappa shape index (κ1) is 22.0. The van der Waals surface area contributed by atoms with Crippen molar-refractivity contribution in [2.75, 3.05) is 19.8 Å². The summed E-state index contributed by atoms with van der Waals surface area (Å²) < 4.78 is 5.27. The summed E-state index contributed by atoms with van der Waals surface area (Å²) in [4.78, 5) is 40.6. The van der Waals surface area contributed by atoms with Gasteiger partial charge in [-0.05, 0) is 24.8 Å². The quantitative estimate of drug-likeness (QED) is 0.497. The molecule has 5 atom stereocenters. The van der Waals surface area contributed by atoms with Gasteiger partial charge >= 0.3 is 5.97 Å². The van der Waals surface area contributed by atoms with Gasteiger partial charge in [0.1, 0.15) is 6.04 Å². The van der Waals surface area contributed by atoms with Crippen molar-refractivity contribution in [2.45, 2.75) is 32.9 Å². The molecule has 2 aliphatic rings. The summed E-state index contributed by atoms with van der Waals surface area (Å²) in [7, 11) is 0. The number of β-amino-alcohol motifs (C(OH)–C–C–N with tert-alkyl or cyclic N) is 1. The number of benzene rings is 1. The topological polar surface area (TPSA) is 95.9 Å². The number of allylic oxidation sites excluding steroid dienone is 1. The van der Waals surface area contributed by atoms with Crippen LogP contribution in [0.2, 0.25) is 0 Å². The van der Waals surface area contributed by atoms with E-state index < -0.39 is 29.8 Å². The fourth-order valence-electron chi connectivity index (χ4n) is 4.69. The summed E-state index contributed by atoms with van der Waals surface area (Å²) in [5, 5.41) is 12.4. The molecule has 7 heteroatoms. The Bertz CT molecular complexity index is 794. The Hall–Kier alpha value is -2.67. The third-order valence-electron chi connectivity index (χ3n) is 6.06. The van der Waals surface area contributed by atoms with Crippen molar-refractivity contribution in [3.63, 3.8) is 0 Å². The number of carbonyl (C=O) groups excluding carboxylic acids is 3. The third kappa shape index (κ3) is 4.26. The van der Waals surface area contributed by atoms with Gasteiger partial charge in [-0.2, -0.15) is 0 Å². The zero-order chi connectivity index (χ0) is 21.7. The van der Waals surface area contributed by atoms with Gasteiger partial charge in [-0.25, -0.2) is 0 Å². The van der Waals surface area contributed by atoms with Gasteiger partial charge in [-0.15, -0.1) is 0 Å². The molecule has 30 heavy (non-hydrogen) atoms. The highest BCUT2D eigenvalue weighted by molar-refractivity contribution is 5.96. The lowest BCUT2D eigenvalue weighted by atomic mass is 9.69. The molecule has 0 bridgehead atoms. The number of aliphatic hydroxyl groups excluding tert-OH is 1. The molecule has 1 fully saturated rings. The van der Waals surface area contributed by atoms with Crippen LogP contribution in [0.25, 0.3) is 0 Å². The molecule has 0 saturated carbocycles. The minimum Gasteiger partial charge on any atom is -0.466 e. The standard InChI is InChI=1S/C23H30N2O5/c1-3-16-10-11-17-19(18(16)23(29)30-4-2)22(28)25(12-13-26)20(17)21(27)24-14-15-8-6-5-7-9-15/h5-11,16-20,26H,3-4,12-14H2,1-2H3,(H,24,27)/t16-,17+,18-,19+,20+/m1/s1. The highest BCUT2D eigenvalue weighted by Crippen LogP contribution is 2.45. The largest absolute Gasteiger partial charge is 0.466 e. The van der Waals surface area contributed by atoms with Gasteiger partial charge in [0, 0.05) is 19.0 Å². The van der Waals surface area contributed by atoms with Gasteiger partial charge in [-0.1, -0.05) is 49.4 Å². The Balaban J connectivity index is 1.87. The molecular weight excluding hydrogens is 384 g/mol. The fourth-order valence-corrected chi connectivity index (χ4v) is 4.69. The van der Waals surface area contributed by atoms with E-state index in [0.29, 0.717) is 13.0 Å². The molecule has 1 aromatic rings. The molecular formula is C23H30N2O5. The molecule has 0 spiro atoms. The molecule has 1 heterocycles. The predicted octanol–water partition coefficient (Wildman–Crippen LogP) is 1.51. The van der Waals surface area contributed by atoms with Gasteiger partial charge in [-0.3, -0.25) is 14.4 Å². The van der Waals surface area contributed by atoms with Crippen molar-refractivity contribution in [2.24, 2.45) is 23.7 Å². The van der Waals surface area contributed by atoms with E-state index >= 15 is 0 Å². The van der Waals surface area contributed by atoms with Crippen molar-refractivity contribution in [3.8, 4) is 0 Å². The van der Waals surface area contributed by atoms with Crippen LogP contribution in [-0.4, -0.2) is 53.6 Å². The van der Waals surface area contributed by atoms with E-state index in [1.165, 1.54) is 4.90 Å². The number of fused-ring (bicyclic) bond motifs is 1. The molecule has 0 unspecified atom stereocenters. The van der Waals surface area contributed by atoms with Crippen LogP contribution in [0.4, 0.5) is 0 Å². The Morgan fingerprint density at radius 2 is 1.90 bits per heavy atom. The van der Waals surface area contributed by atoms with Crippen LogP contribution in [0.3, 0.4) is 0 Å². The maximum Gasteiger partial charge on any atom is 0.310 e. The summed E-state index contributed by atoms with van der Waals surface area (Å²) in [6.07, 6.45) is 4.54. The minimum atomic E-state index is -0.760. The molecule has 162 valence electrons. The maximum absolute atomic E-state index is 13.3. The first-order valence-electron chi connectivity index (χ1n) is 10.6. The predicted molar refractivity (Wildman–Crippen MR) is 111 cm³/mol. The summed E-state index contributed by atoms with van der Waals surface area (Å²) in [5.41, 5.74) is 0.954. The number of hydrogen-bond acceptors (Lipinski definition) is 5. The van der Waals surface area contributed by atoms with Gasteiger partial charge in [0.25, 0.3) is 0 Å². The molecule has 2 amide bonds. The number of ether oxygens (including phenoxy) is 1. The number of hydrogen-bond donors (Lipinski definition) is 2. The zero-order valence-electron chi connectivity index (χ0n) is 17.5. The van der Waals surface area contributed by atoms with Gasteiger partial charge in [0.05, 0.1) is 25.0 Å². The van der Waals surface area contributed by atoms with Crippen LogP contribution in [0.15, 0.2) is 42.5 Å². The average Bonchev–Trinajstić information content (AvgIpc) is 3.04. The van der Waals surface area contributed by atoms with Crippen molar-refractivity contribution in [1.29, 1.82) is 0 Å². The second kappa shape index (κ2) is 9.89. The number of esters is 1. The lowest BCUT2D eigenvalue weighted by Gasteiger charge is -2.33. The monoisotopic (exact) mass is 414 g/mol.